The van der Waals surface area contributed by atoms with Crippen LogP contribution in [-0.2, 0) is 36.1 Å². The Hall–Kier alpha value is -2.44. The third kappa shape index (κ3) is 9.04. The van der Waals surface area contributed by atoms with Crippen molar-refractivity contribution in [2.24, 2.45) is 0 Å². The minimum absolute atomic E-state index is 0. The molecule has 5 aromatic carbocycles. The van der Waals surface area contributed by atoms with Gasteiger partial charge in [0, 0.05) is 0 Å². The smallest absolute Gasteiger partial charge is 0.0253 e. The topological polar surface area (TPSA) is 0 Å². The monoisotopic (exact) mass is 640 g/mol. The molecule has 0 fully saturated rings. The normalized spacial score (nSPS) is 10.8. The Kier molecular flexibility index (Phi) is 13.1. The Balaban J connectivity index is 0.000000209. The molecule has 40 heavy (non-hydrogen) atoms. The first-order valence-corrected chi connectivity index (χ1v) is 14.5. The van der Waals surface area contributed by atoms with Crippen LogP contribution in [0, 0.1) is 19.9 Å². The van der Waals surface area contributed by atoms with Crippen molar-refractivity contribution >= 4 is 3.21 Å². The predicted octanol–water partition coefficient (Wildman–Crippen LogP) is 3.19. The minimum atomic E-state index is 0. The quantitative estimate of drug-likeness (QED) is 0.255. The third-order valence-electron chi connectivity index (χ3n) is 6.79. The summed E-state index contributed by atoms with van der Waals surface area (Å²) in [5.41, 5.74) is 12.6. The van der Waals surface area contributed by atoms with Crippen LogP contribution in [0.15, 0.2) is 115 Å². The van der Waals surface area contributed by atoms with Gasteiger partial charge >= 0.3 is 106 Å². The van der Waals surface area contributed by atoms with Crippen LogP contribution >= 0.6 is 0 Å². The van der Waals surface area contributed by atoms with Crippen LogP contribution in [0.5, 0.6) is 0 Å². The van der Waals surface area contributed by atoms with E-state index < -0.39 is 0 Å². The number of rotatable bonds is 2. The molecule has 0 amide bonds. The molecule has 0 unspecified atom stereocenters. The second-order valence-electron chi connectivity index (χ2n) is 10.9. The second-order valence-corrected chi connectivity index (χ2v) is 12.2. The van der Waals surface area contributed by atoms with Crippen LogP contribution in [0.1, 0.15) is 59.7 Å². The van der Waals surface area contributed by atoms with Crippen LogP contribution in [-0.4, -0.2) is 3.21 Å². The van der Waals surface area contributed by atoms with Crippen LogP contribution < -0.4 is 24.8 Å². The summed E-state index contributed by atoms with van der Waals surface area (Å²) in [5, 5.41) is 0. The standard InChI is InChI=1S/C14H12.C13H9.C10H15.2ClH.Zr/c1-12-7-9-14(10-8-12)11-13-5-3-2-4-6-13;1-3-7-12-10(5-1)9-11-6-2-4-8-13(11)12;1-8-5-6-9(7-8)10(2,3)4;;;/h2-10H,1H3;1-5,7-8H,9H2;5-7H,1-4H3;2*1H;/q;2*-1;;;+2/p-2. The van der Waals surface area contributed by atoms with E-state index in [1.54, 1.807) is 0 Å². The molecular weight excluding hydrogens is 607 g/mol. The zero-order chi connectivity index (χ0) is 27.1. The number of hydrogen-bond acceptors (Lipinski definition) is 0. The molecule has 6 rings (SSSR count). The Morgan fingerprint density at radius 1 is 0.750 bits per heavy atom. The molecule has 5 aromatic rings. The van der Waals surface area contributed by atoms with E-state index in [4.69, 9.17) is 0 Å². The fourth-order valence-corrected chi connectivity index (χ4v) is 5.34. The molecule has 0 atom stereocenters. The molecule has 0 saturated heterocycles. The van der Waals surface area contributed by atoms with Gasteiger partial charge in [-0.05, 0) is 6.42 Å². The van der Waals surface area contributed by atoms with Gasteiger partial charge in [0.2, 0.25) is 0 Å². The summed E-state index contributed by atoms with van der Waals surface area (Å²) < 4.78 is 1.42. The van der Waals surface area contributed by atoms with E-state index in [9.17, 15) is 0 Å². The molecule has 0 aliphatic heterocycles. The molecule has 0 N–H and O–H groups in total. The van der Waals surface area contributed by atoms with Crippen molar-refractivity contribution in [3.8, 4) is 11.1 Å². The van der Waals surface area contributed by atoms with E-state index in [-0.39, 0.29) is 24.8 Å². The fourth-order valence-electron chi connectivity index (χ4n) is 4.52. The van der Waals surface area contributed by atoms with Gasteiger partial charge in [-0.2, -0.15) is 53.1 Å². The zero-order valence-corrected chi connectivity index (χ0v) is 27.9. The second kappa shape index (κ2) is 15.5. The molecule has 0 radical (unpaired) electrons. The Morgan fingerprint density at radius 2 is 1.35 bits per heavy atom. The van der Waals surface area contributed by atoms with Crippen molar-refractivity contribution in [2.45, 2.75) is 46.5 Å². The third-order valence-corrected chi connectivity index (χ3v) is 8.21. The summed E-state index contributed by atoms with van der Waals surface area (Å²) in [5.74, 6) is 0. The zero-order valence-electron chi connectivity index (χ0n) is 23.9. The van der Waals surface area contributed by atoms with Crippen molar-refractivity contribution in [2.75, 3.05) is 0 Å². The molecular formula is C37H36Cl2Zr-2. The molecule has 204 valence electrons. The van der Waals surface area contributed by atoms with Gasteiger partial charge in [0.25, 0.3) is 0 Å². The molecule has 1 aliphatic rings. The van der Waals surface area contributed by atoms with Crippen LogP contribution in [0.3, 0.4) is 0 Å². The first kappa shape index (κ1) is 33.8. The van der Waals surface area contributed by atoms with E-state index in [2.05, 4.69) is 150 Å². The molecule has 1 aliphatic carbocycles. The molecule has 0 nitrogen and oxygen atoms in total. The molecule has 0 heterocycles. The maximum absolute atomic E-state index is 3.30. The maximum Gasteiger partial charge on any atom is -0.0253 e. The minimum Gasteiger partial charge on any atom is -1.00 e. The van der Waals surface area contributed by atoms with Gasteiger partial charge in [0.15, 0.2) is 0 Å². The summed E-state index contributed by atoms with van der Waals surface area (Å²) in [6, 6.07) is 44.0. The van der Waals surface area contributed by atoms with Crippen molar-refractivity contribution in [1.82, 2.24) is 0 Å². The summed E-state index contributed by atoms with van der Waals surface area (Å²) in [4.78, 5) is 0. The number of aryl methyl sites for hydroxylation is 2. The predicted molar refractivity (Wildman–Crippen MR) is 160 cm³/mol. The van der Waals surface area contributed by atoms with Gasteiger partial charge in [-0.15, -0.1) is 5.56 Å². The Morgan fingerprint density at radius 3 is 1.95 bits per heavy atom. The SMILES string of the molecule is Cc1cc(C(C)(C)C)c[cH-]1.Cc1ccc([C](=[Zr+2])c2ccccc2)cc1.[Cl-].[Cl-].[c-]1cccc2c1Cc1ccccc1-2. The van der Waals surface area contributed by atoms with Gasteiger partial charge in [-0.3, -0.25) is 0 Å². The van der Waals surface area contributed by atoms with E-state index in [1.165, 1.54) is 77.5 Å². The van der Waals surface area contributed by atoms with Gasteiger partial charge in [-0.25, -0.2) is 6.07 Å². The summed E-state index contributed by atoms with van der Waals surface area (Å²) in [6.07, 6.45) is 1.05. The fraction of sp³-hybridized carbons (Fsp3) is 0.189. The average Bonchev–Trinajstić information content (AvgIpc) is 3.54. The number of benzene rings is 4. The molecule has 3 heteroatoms. The van der Waals surface area contributed by atoms with Gasteiger partial charge < -0.3 is 24.8 Å². The number of fused-ring (bicyclic) bond motifs is 3. The van der Waals surface area contributed by atoms with E-state index in [1.807, 2.05) is 6.07 Å². The van der Waals surface area contributed by atoms with E-state index >= 15 is 0 Å². The number of halogens is 2. The van der Waals surface area contributed by atoms with Crippen LogP contribution in [0.25, 0.3) is 11.1 Å². The Labute approximate surface area is 268 Å². The average molecular weight is 643 g/mol. The molecule has 0 bridgehead atoms. The van der Waals surface area contributed by atoms with Crippen LogP contribution in [0.2, 0.25) is 0 Å². The van der Waals surface area contributed by atoms with Gasteiger partial charge in [0.1, 0.15) is 0 Å². The number of hydrogen-bond donors (Lipinski definition) is 0. The molecule has 0 saturated carbocycles. The van der Waals surface area contributed by atoms with Crippen LogP contribution in [0.4, 0.5) is 0 Å². The summed E-state index contributed by atoms with van der Waals surface area (Å²) in [6.45, 7) is 11.0. The summed E-state index contributed by atoms with van der Waals surface area (Å²) in [7, 11) is 0. The first-order valence-electron chi connectivity index (χ1n) is 13.2. The first-order chi connectivity index (χ1) is 18.2. The van der Waals surface area contributed by atoms with E-state index in [0.29, 0.717) is 5.41 Å². The van der Waals surface area contributed by atoms with Gasteiger partial charge in [0.05, 0.1) is 0 Å². The summed E-state index contributed by atoms with van der Waals surface area (Å²) >= 11 is 1.46. The van der Waals surface area contributed by atoms with Crippen molar-refractivity contribution < 1.29 is 49.0 Å². The molecule has 0 aromatic heterocycles. The van der Waals surface area contributed by atoms with Crippen molar-refractivity contribution in [3.63, 3.8) is 0 Å². The van der Waals surface area contributed by atoms with E-state index in [0.717, 1.165) is 6.42 Å². The van der Waals surface area contributed by atoms with Gasteiger partial charge in [-0.1, -0.05) is 68.5 Å². The van der Waals surface area contributed by atoms with Crippen molar-refractivity contribution in [3.05, 3.63) is 160 Å². The Bertz CT molecular complexity index is 1450. The maximum atomic E-state index is 3.30. The molecule has 0 spiro atoms. The van der Waals surface area contributed by atoms with Crippen molar-refractivity contribution in [1.29, 1.82) is 0 Å². The largest absolute Gasteiger partial charge is 1.00 e.